The van der Waals surface area contributed by atoms with Crippen molar-refractivity contribution in [1.29, 1.82) is 0 Å². The van der Waals surface area contributed by atoms with Crippen LogP contribution in [0.25, 0.3) is 0 Å². The second kappa shape index (κ2) is 8.37. The summed E-state index contributed by atoms with van der Waals surface area (Å²) in [4.78, 5) is 4.86. The lowest BCUT2D eigenvalue weighted by atomic mass is 9.98. The van der Waals surface area contributed by atoms with Crippen molar-refractivity contribution in [3.63, 3.8) is 0 Å². The minimum atomic E-state index is 0. The summed E-state index contributed by atoms with van der Waals surface area (Å²) in [5.41, 5.74) is 5.55. The summed E-state index contributed by atoms with van der Waals surface area (Å²) in [6.45, 7) is 5.81. The summed E-state index contributed by atoms with van der Waals surface area (Å²) in [7, 11) is 2.15. The summed E-state index contributed by atoms with van der Waals surface area (Å²) in [6.07, 6.45) is 3.77. The van der Waals surface area contributed by atoms with Crippen LogP contribution in [0.15, 0.2) is 48.5 Å². The predicted molar refractivity (Wildman–Crippen MR) is 102 cm³/mol. The van der Waals surface area contributed by atoms with E-state index in [9.17, 15) is 0 Å². The van der Waals surface area contributed by atoms with E-state index in [4.69, 9.17) is 0 Å². The second-order valence-electron chi connectivity index (χ2n) is 6.23. The molecule has 0 fully saturated rings. The van der Waals surface area contributed by atoms with Gasteiger partial charge in [-0.3, -0.25) is 4.90 Å². The van der Waals surface area contributed by atoms with Crippen LogP contribution in [-0.4, -0.2) is 25.0 Å². The third-order valence-corrected chi connectivity index (χ3v) is 4.64. The Morgan fingerprint density at radius 3 is 2.52 bits per heavy atom. The summed E-state index contributed by atoms with van der Waals surface area (Å²) >= 11 is 0. The first-order chi connectivity index (χ1) is 10.8. The van der Waals surface area contributed by atoms with Gasteiger partial charge >= 0.3 is 0 Å². The number of fused-ring (bicyclic) bond motifs is 1. The minimum absolute atomic E-state index is 0. The molecular formula is C20H27ClN2. The fraction of sp³-hybridized carbons (Fsp3) is 0.400. The number of rotatable bonds is 5. The molecule has 1 heterocycles. The fourth-order valence-electron chi connectivity index (χ4n) is 3.18. The normalized spacial score (nSPS) is 14.0. The van der Waals surface area contributed by atoms with E-state index in [1.807, 2.05) is 0 Å². The van der Waals surface area contributed by atoms with Crippen molar-refractivity contribution in [2.24, 2.45) is 0 Å². The zero-order chi connectivity index (χ0) is 15.4. The van der Waals surface area contributed by atoms with Crippen LogP contribution in [0.1, 0.15) is 30.9 Å². The highest BCUT2D eigenvalue weighted by Crippen LogP contribution is 2.28. The van der Waals surface area contributed by atoms with Gasteiger partial charge in [0, 0.05) is 31.5 Å². The molecule has 0 atom stereocenters. The lowest BCUT2D eigenvalue weighted by molar-refractivity contribution is 0.250. The van der Waals surface area contributed by atoms with E-state index in [0.717, 1.165) is 6.54 Å². The molecule has 2 nitrogen and oxygen atoms in total. The summed E-state index contributed by atoms with van der Waals surface area (Å²) in [5, 5.41) is 0. The molecule has 3 heteroatoms. The van der Waals surface area contributed by atoms with Crippen LogP contribution in [0.5, 0.6) is 0 Å². The third kappa shape index (κ3) is 4.27. The minimum Gasteiger partial charge on any atom is -0.345 e. The fourth-order valence-corrected chi connectivity index (χ4v) is 3.18. The van der Waals surface area contributed by atoms with Crippen LogP contribution in [0, 0.1) is 0 Å². The van der Waals surface area contributed by atoms with Crippen LogP contribution >= 0.6 is 12.4 Å². The molecule has 0 bridgehead atoms. The number of benzene rings is 2. The standard InChI is InChI=1S/C20H26N2.ClH/c1-3-4-13-22-14-12-17-10-11-20(15-18(17)16-22)21(2)19-8-6-5-7-9-19;/h5-11,15H,3-4,12-14,16H2,1-2H3;1H. The molecule has 0 aliphatic carbocycles. The molecular weight excluding hydrogens is 304 g/mol. The average Bonchev–Trinajstić information content (AvgIpc) is 2.59. The van der Waals surface area contributed by atoms with Gasteiger partial charge in [-0.15, -0.1) is 12.4 Å². The molecule has 0 spiro atoms. The summed E-state index contributed by atoms with van der Waals surface area (Å²) in [5.74, 6) is 0. The zero-order valence-corrected chi connectivity index (χ0v) is 15.0. The number of halogens is 1. The lowest BCUT2D eigenvalue weighted by Crippen LogP contribution is -2.31. The first kappa shape index (κ1) is 17.8. The number of hydrogen-bond acceptors (Lipinski definition) is 2. The Bertz CT molecular complexity index is 612. The molecule has 1 aliphatic rings. The Kier molecular flexibility index (Phi) is 6.49. The highest BCUT2D eigenvalue weighted by Gasteiger charge is 2.16. The van der Waals surface area contributed by atoms with Crippen LogP contribution in [-0.2, 0) is 13.0 Å². The maximum Gasteiger partial charge on any atom is 0.0411 e. The van der Waals surface area contributed by atoms with E-state index in [-0.39, 0.29) is 12.4 Å². The average molecular weight is 331 g/mol. The number of nitrogens with zero attached hydrogens (tertiary/aromatic N) is 2. The molecule has 0 saturated carbocycles. The molecule has 3 rings (SSSR count). The van der Waals surface area contributed by atoms with Gasteiger partial charge < -0.3 is 4.90 Å². The Morgan fingerprint density at radius 2 is 1.78 bits per heavy atom. The molecule has 2 aromatic carbocycles. The third-order valence-electron chi connectivity index (χ3n) is 4.64. The monoisotopic (exact) mass is 330 g/mol. The second-order valence-corrected chi connectivity index (χ2v) is 6.23. The van der Waals surface area contributed by atoms with E-state index in [1.54, 1.807) is 0 Å². The van der Waals surface area contributed by atoms with Gasteiger partial charge in [0.25, 0.3) is 0 Å². The molecule has 23 heavy (non-hydrogen) atoms. The number of unbranched alkanes of at least 4 members (excludes halogenated alkanes) is 1. The zero-order valence-electron chi connectivity index (χ0n) is 14.2. The van der Waals surface area contributed by atoms with Gasteiger partial charge in [0.1, 0.15) is 0 Å². The van der Waals surface area contributed by atoms with Crippen molar-refractivity contribution >= 4 is 23.8 Å². The molecule has 0 amide bonds. The number of para-hydroxylation sites is 1. The van der Waals surface area contributed by atoms with Crippen molar-refractivity contribution in [3.8, 4) is 0 Å². The first-order valence-electron chi connectivity index (χ1n) is 8.41. The maximum atomic E-state index is 2.60. The number of anilines is 2. The van der Waals surface area contributed by atoms with Crippen LogP contribution in [0.4, 0.5) is 11.4 Å². The van der Waals surface area contributed by atoms with Crippen molar-refractivity contribution in [3.05, 3.63) is 59.7 Å². The molecule has 0 saturated heterocycles. The van der Waals surface area contributed by atoms with Crippen molar-refractivity contribution < 1.29 is 0 Å². The Balaban J connectivity index is 0.00000192. The smallest absolute Gasteiger partial charge is 0.0411 e. The van der Waals surface area contributed by atoms with E-state index < -0.39 is 0 Å². The van der Waals surface area contributed by atoms with Crippen molar-refractivity contribution in [2.45, 2.75) is 32.7 Å². The van der Waals surface area contributed by atoms with Gasteiger partial charge in [-0.05, 0) is 54.8 Å². The quantitative estimate of drug-likeness (QED) is 0.758. The molecule has 0 radical (unpaired) electrons. The van der Waals surface area contributed by atoms with E-state index in [1.165, 1.54) is 54.9 Å². The molecule has 0 unspecified atom stereocenters. The highest BCUT2D eigenvalue weighted by atomic mass is 35.5. The maximum absolute atomic E-state index is 2.60. The van der Waals surface area contributed by atoms with Crippen LogP contribution in [0.3, 0.4) is 0 Å². The van der Waals surface area contributed by atoms with Gasteiger partial charge in [0.15, 0.2) is 0 Å². The first-order valence-corrected chi connectivity index (χ1v) is 8.41. The van der Waals surface area contributed by atoms with Crippen molar-refractivity contribution in [1.82, 2.24) is 4.90 Å². The lowest BCUT2D eigenvalue weighted by Gasteiger charge is -2.30. The predicted octanol–water partition coefficient (Wildman–Crippen LogP) is 5.03. The molecule has 0 aromatic heterocycles. The Morgan fingerprint density at radius 1 is 1.00 bits per heavy atom. The van der Waals surface area contributed by atoms with Crippen LogP contribution in [0.2, 0.25) is 0 Å². The van der Waals surface area contributed by atoms with Gasteiger partial charge in [0.05, 0.1) is 0 Å². The topological polar surface area (TPSA) is 6.48 Å². The van der Waals surface area contributed by atoms with Crippen molar-refractivity contribution in [2.75, 3.05) is 25.0 Å². The van der Waals surface area contributed by atoms with Gasteiger partial charge in [-0.1, -0.05) is 37.6 Å². The summed E-state index contributed by atoms with van der Waals surface area (Å²) < 4.78 is 0. The highest BCUT2D eigenvalue weighted by molar-refractivity contribution is 5.85. The molecule has 1 aliphatic heterocycles. The Hall–Kier alpha value is -1.51. The largest absolute Gasteiger partial charge is 0.345 e. The van der Waals surface area contributed by atoms with Gasteiger partial charge in [0.2, 0.25) is 0 Å². The number of hydrogen-bond donors (Lipinski definition) is 0. The molecule has 0 N–H and O–H groups in total. The van der Waals surface area contributed by atoms with E-state index in [0.29, 0.717) is 0 Å². The van der Waals surface area contributed by atoms with Gasteiger partial charge in [-0.25, -0.2) is 0 Å². The van der Waals surface area contributed by atoms with Crippen LogP contribution < -0.4 is 4.90 Å². The van der Waals surface area contributed by atoms with E-state index in [2.05, 4.69) is 72.3 Å². The van der Waals surface area contributed by atoms with E-state index >= 15 is 0 Å². The van der Waals surface area contributed by atoms with Gasteiger partial charge in [-0.2, -0.15) is 0 Å². The Labute approximate surface area is 146 Å². The molecule has 2 aromatic rings. The summed E-state index contributed by atoms with van der Waals surface area (Å²) in [6, 6.07) is 17.5. The molecule has 124 valence electrons. The SMILES string of the molecule is CCCCN1CCc2ccc(N(C)c3ccccc3)cc2C1.Cl.